The van der Waals surface area contributed by atoms with E-state index in [1.165, 1.54) is 0 Å². The Morgan fingerprint density at radius 1 is 1.36 bits per heavy atom. The molecule has 0 heterocycles. The number of hydrogen-bond donors (Lipinski definition) is 1. The van der Waals surface area contributed by atoms with Crippen LogP contribution in [0.3, 0.4) is 0 Å². The number of rotatable bonds is 4. The molecule has 0 atom stereocenters. The predicted molar refractivity (Wildman–Crippen MR) is 55.3 cm³/mol. The third-order valence-corrected chi connectivity index (χ3v) is 1.72. The first kappa shape index (κ1) is 10.6. The van der Waals surface area contributed by atoms with Crippen molar-refractivity contribution in [2.24, 2.45) is 11.7 Å². The van der Waals surface area contributed by atoms with E-state index in [4.69, 9.17) is 10.5 Å². The van der Waals surface area contributed by atoms with Crippen molar-refractivity contribution >= 4 is 5.91 Å². The lowest BCUT2D eigenvalue weighted by molar-refractivity contribution is 0.100. The van der Waals surface area contributed by atoms with Gasteiger partial charge in [0, 0.05) is 5.56 Å². The van der Waals surface area contributed by atoms with Crippen LogP contribution in [0.2, 0.25) is 0 Å². The predicted octanol–water partition coefficient (Wildman–Crippen LogP) is 1.82. The van der Waals surface area contributed by atoms with Crippen molar-refractivity contribution in [1.82, 2.24) is 0 Å². The lowest BCUT2D eigenvalue weighted by atomic mass is 10.2. The Morgan fingerprint density at radius 2 is 1.93 bits per heavy atom. The smallest absolute Gasteiger partial charge is 0.248 e. The summed E-state index contributed by atoms with van der Waals surface area (Å²) in [5.74, 6) is 0.843. The summed E-state index contributed by atoms with van der Waals surface area (Å²) in [6.45, 7) is 4.84. The molecule has 0 fully saturated rings. The van der Waals surface area contributed by atoms with E-state index in [0.717, 1.165) is 5.75 Å². The van der Waals surface area contributed by atoms with Crippen molar-refractivity contribution in [3.05, 3.63) is 29.8 Å². The average Bonchev–Trinajstić information content (AvgIpc) is 2.15. The van der Waals surface area contributed by atoms with Crippen LogP contribution in [0.1, 0.15) is 24.2 Å². The number of hydrogen-bond acceptors (Lipinski definition) is 2. The molecule has 1 amide bonds. The van der Waals surface area contributed by atoms with Gasteiger partial charge in [-0.1, -0.05) is 13.8 Å². The van der Waals surface area contributed by atoms with Crippen LogP contribution < -0.4 is 10.5 Å². The highest BCUT2D eigenvalue weighted by atomic mass is 16.5. The number of amides is 1. The van der Waals surface area contributed by atoms with Crippen LogP contribution in [0.5, 0.6) is 5.75 Å². The van der Waals surface area contributed by atoms with Crippen molar-refractivity contribution in [3.8, 4) is 5.75 Å². The van der Waals surface area contributed by atoms with Gasteiger partial charge in [0.25, 0.3) is 0 Å². The van der Waals surface area contributed by atoms with Gasteiger partial charge in [0.05, 0.1) is 6.61 Å². The van der Waals surface area contributed by atoms with Gasteiger partial charge in [-0.3, -0.25) is 4.79 Å². The van der Waals surface area contributed by atoms with Crippen molar-refractivity contribution < 1.29 is 9.53 Å². The zero-order valence-electron chi connectivity index (χ0n) is 8.49. The van der Waals surface area contributed by atoms with Gasteiger partial charge >= 0.3 is 0 Å². The Morgan fingerprint density at radius 3 is 2.36 bits per heavy atom. The minimum Gasteiger partial charge on any atom is -0.493 e. The molecule has 3 nitrogen and oxygen atoms in total. The summed E-state index contributed by atoms with van der Waals surface area (Å²) in [6, 6.07) is 6.83. The SMILES string of the molecule is CC(C)COc1ccc(C(N)=O)cc1. The van der Waals surface area contributed by atoms with Gasteiger partial charge in [-0.25, -0.2) is 0 Å². The molecule has 14 heavy (non-hydrogen) atoms. The Balaban J connectivity index is 2.60. The molecule has 0 saturated heterocycles. The van der Waals surface area contributed by atoms with E-state index in [9.17, 15) is 4.79 Å². The van der Waals surface area contributed by atoms with E-state index >= 15 is 0 Å². The second-order valence-electron chi connectivity index (χ2n) is 3.59. The molecule has 0 unspecified atom stereocenters. The van der Waals surface area contributed by atoms with Crippen LogP contribution in [0.25, 0.3) is 0 Å². The fourth-order valence-corrected chi connectivity index (χ4v) is 0.978. The Hall–Kier alpha value is -1.51. The van der Waals surface area contributed by atoms with Crippen LogP contribution in [-0.4, -0.2) is 12.5 Å². The Labute approximate surface area is 83.9 Å². The molecule has 0 aliphatic carbocycles. The molecule has 0 saturated carbocycles. The molecule has 0 aliphatic rings. The van der Waals surface area contributed by atoms with Gasteiger partial charge in [-0.2, -0.15) is 0 Å². The van der Waals surface area contributed by atoms with Gasteiger partial charge < -0.3 is 10.5 Å². The first-order valence-corrected chi connectivity index (χ1v) is 4.62. The summed E-state index contributed by atoms with van der Waals surface area (Å²) >= 11 is 0. The minimum atomic E-state index is -0.416. The summed E-state index contributed by atoms with van der Waals surface area (Å²) in [5.41, 5.74) is 5.61. The summed E-state index contributed by atoms with van der Waals surface area (Å²) in [7, 11) is 0. The molecule has 0 radical (unpaired) electrons. The Kier molecular flexibility index (Phi) is 3.51. The number of carbonyl (C=O) groups is 1. The largest absolute Gasteiger partial charge is 0.493 e. The van der Waals surface area contributed by atoms with Gasteiger partial charge in [-0.05, 0) is 30.2 Å². The molecule has 0 aliphatic heterocycles. The zero-order valence-corrected chi connectivity index (χ0v) is 8.49. The van der Waals surface area contributed by atoms with E-state index in [1.807, 2.05) is 0 Å². The maximum atomic E-state index is 10.8. The number of carbonyl (C=O) groups excluding carboxylic acids is 1. The summed E-state index contributed by atoms with van der Waals surface area (Å²) in [4.78, 5) is 10.8. The lowest BCUT2D eigenvalue weighted by Crippen LogP contribution is -2.10. The molecular formula is C11H15NO2. The van der Waals surface area contributed by atoms with Crippen molar-refractivity contribution in [3.63, 3.8) is 0 Å². The van der Waals surface area contributed by atoms with Crippen molar-refractivity contribution in [1.29, 1.82) is 0 Å². The number of benzene rings is 1. The van der Waals surface area contributed by atoms with Crippen LogP contribution in [0.15, 0.2) is 24.3 Å². The van der Waals surface area contributed by atoms with Crippen molar-refractivity contribution in [2.75, 3.05) is 6.61 Å². The first-order chi connectivity index (χ1) is 6.59. The summed E-state index contributed by atoms with van der Waals surface area (Å²) in [5, 5.41) is 0. The van der Waals surface area contributed by atoms with Crippen LogP contribution >= 0.6 is 0 Å². The van der Waals surface area contributed by atoms with Crippen LogP contribution in [0.4, 0.5) is 0 Å². The van der Waals surface area contributed by atoms with E-state index in [0.29, 0.717) is 18.1 Å². The normalized spacial score (nSPS) is 10.2. The quantitative estimate of drug-likeness (QED) is 0.793. The van der Waals surface area contributed by atoms with E-state index in [1.54, 1.807) is 24.3 Å². The van der Waals surface area contributed by atoms with Crippen molar-refractivity contribution in [2.45, 2.75) is 13.8 Å². The van der Waals surface area contributed by atoms with Gasteiger partial charge in [0.15, 0.2) is 0 Å². The molecular weight excluding hydrogens is 178 g/mol. The number of nitrogens with two attached hydrogens (primary N) is 1. The third-order valence-electron chi connectivity index (χ3n) is 1.72. The van der Waals surface area contributed by atoms with Gasteiger partial charge in [0.1, 0.15) is 5.75 Å². The summed E-state index contributed by atoms with van der Waals surface area (Å²) < 4.78 is 5.45. The zero-order chi connectivity index (χ0) is 10.6. The Bertz CT molecular complexity index is 304. The maximum absolute atomic E-state index is 10.8. The van der Waals surface area contributed by atoms with Crippen LogP contribution in [-0.2, 0) is 0 Å². The molecule has 1 rings (SSSR count). The molecule has 0 spiro atoms. The molecule has 1 aromatic rings. The van der Waals surface area contributed by atoms with Crippen LogP contribution in [0, 0.1) is 5.92 Å². The van der Waals surface area contributed by atoms with E-state index < -0.39 is 5.91 Å². The fourth-order valence-electron chi connectivity index (χ4n) is 0.978. The van der Waals surface area contributed by atoms with E-state index in [-0.39, 0.29) is 0 Å². The number of primary amides is 1. The third kappa shape index (κ3) is 3.09. The highest BCUT2D eigenvalue weighted by Crippen LogP contribution is 2.12. The average molecular weight is 193 g/mol. The molecule has 0 aromatic heterocycles. The molecule has 76 valence electrons. The molecule has 0 bridgehead atoms. The fraction of sp³-hybridized carbons (Fsp3) is 0.364. The van der Waals surface area contributed by atoms with Gasteiger partial charge in [-0.15, -0.1) is 0 Å². The highest BCUT2D eigenvalue weighted by Gasteiger charge is 2.00. The van der Waals surface area contributed by atoms with Gasteiger partial charge in [0.2, 0.25) is 5.91 Å². The number of ether oxygens (including phenoxy) is 1. The lowest BCUT2D eigenvalue weighted by Gasteiger charge is -2.08. The molecule has 1 aromatic carbocycles. The second kappa shape index (κ2) is 4.65. The molecule has 3 heteroatoms. The highest BCUT2D eigenvalue weighted by molar-refractivity contribution is 5.92. The maximum Gasteiger partial charge on any atom is 0.248 e. The standard InChI is InChI=1S/C11H15NO2/c1-8(2)7-14-10-5-3-9(4-6-10)11(12)13/h3-6,8H,7H2,1-2H3,(H2,12,13). The monoisotopic (exact) mass is 193 g/mol. The molecule has 2 N–H and O–H groups in total. The van der Waals surface area contributed by atoms with E-state index in [2.05, 4.69) is 13.8 Å². The topological polar surface area (TPSA) is 52.3 Å². The minimum absolute atomic E-state index is 0.416. The summed E-state index contributed by atoms with van der Waals surface area (Å²) in [6.07, 6.45) is 0. The first-order valence-electron chi connectivity index (χ1n) is 4.62. The second-order valence-corrected chi connectivity index (χ2v) is 3.59.